The predicted molar refractivity (Wildman–Crippen MR) is 64.2 cm³/mol. The minimum atomic E-state index is -0.867. The molecule has 1 saturated carbocycles. The molecule has 0 aliphatic heterocycles. The second-order valence-corrected chi connectivity index (χ2v) is 4.30. The van der Waals surface area contributed by atoms with Crippen molar-refractivity contribution in [1.29, 1.82) is 0 Å². The van der Waals surface area contributed by atoms with Crippen molar-refractivity contribution in [2.45, 2.75) is 25.3 Å². The Hall–Kier alpha value is -1.69. The second-order valence-electron chi connectivity index (χ2n) is 4.30. The Balaban J connectivity index is 1.74. The van der Waals surface area contributed by atoms with Crippen molar-refractivity contribution in [1.82, 2.24) is 5.32 Å². The second kappa shape index (κ2) is 5.77. The van der Waals surface area contributed by atoms with Crippen LogP contribution >= 0.6 is 0 Å². The summed E-state index contributed by atoms with van der Waals surface area (Å²) in [5.74, 6) is -0.543. The average Bonchev–Trinajstić information content (AvgIpc) is 3.12. The van der Waals surface area contributed by atoms with E-state index in [0.717, 1.165) is 25.1 Å². The lowest BCUT2D eigenvalue weighted by Gasteiger charge is -2.06. The van der Waals surface area contributed by atoms with Crippen LogP contribution in [0.1, 0.15) is 19.3 Å². The van der Waals surface area contributed by atoms with E-state index in [1.165, 1.54) is 18.9 Å². The van der Waals surface area contributed by atoms with Gasteiger partial charge in [0.2, 0.25) is 5.82 Å². The van der Waals surface area contributed by atoms with E-state index in [2.05, 4.69) is 5.32 Å². The Bertz CT molecular complexity index is 435. The third-order valence-corrected chi connectivity index (χ3v) is 2.72. The Morgan fingerprint density at radius 2 is 2.28 bits per heavy atom. The zero-order valence-electron chi connectivity index (χ0n) is 9.89. The van der Waals surface area contributed by atoms with Gasteiger partial charge in [-0.1, -0.05) is 0 Å². The number of hydrogen-bond acceptors (Lipinski definition) is 4. The van der Waals surface area contributed by atoms with E-state index in [9.17, 15) is 14.5 Å². The fourth-order valence-electron chi connectivity index (χ4n) is 1.58. The average molecular weight is 254 g/mol. The molecular formula is C12H15FN2O3. The maximum absolute atomic E-state index is 13.3. The van der Waals surface area contributed by atoms with E-state index < -0.39 is 16.4 Å². The molecule has 2 rings (SSSR count). The molecule has 5 nitrogen and oxygen atoms in total. The summed E-state index contributed by atoms with van der Waals surface area (Å²) in [5.41, 5.74) is -0.530. The molecule has 1 aromatic rings. The van der Waals surface area contributed by atoms with Crippen molar-refractivity contribution in [3.05, 3.63) is 34.1 Å². The molecule has 1 N–H and O–H groups in total. The van der Waals surface area contributed by atoms with Crippen molar-refractivity contribution in [3.63, 3.8) is 0 Å². The first kappa shape index (κ1) is 12.8. The van der Waals surface area contributed by atoms with Crippen molar-refractivity contribution < 1.29 is 14.1 Å². The maximum Gasteiger partial charge on any atom is 0.305 e. The molecule has 0 radical (unpaired) electrons. The number of nitrogens with one attached hydrogen (secondary N) is 1. The van der Waals surface area contributed by atoms with Crippen molar-refractivity contribution in [2.75, 3.05) is 13.2 Å². The molecule has 0 aromatic heterocycles. The van der Waals surface area contributed by atoms with Gasteiger partial charge in [-0.15, -0.1) is 0 Å². The highest BCUT2D eigenvalue weighted by Crippen LogP contribution is 2.22. The number of nitro benzene ring substituents is 1. The van der Waals surface area contributed by atoms with Crippen molar-refractivity contribution in [2.24, 2.45) is 0 Å². The van der Waals surface area contributed by atoms with Gasteiger partial charge in [0.05, 0.1) is 11.5 Å². The first-order valence-corrected chi connectivity index (χ1v) is 5.97. The van der Waals surface area contributed by atoms with E-state index in [1.807, 2.05) is 0 Å². The number of rotatable bonds is 7. The molecule has 1 fully saturated rings. The molecule has 0 atom stereocenters. The summed E-state index contributed by atoms with van der Waals surface area (Å²) in [5, 5.41) is 13.8. The highest BCUT2D eigenvalue weighted by atomic mass is 19.1. The summed E-state index contributed by atoms with van der Waals surface area (Å²) in [7, 11) is 0. The van der Waals surface area contributed by atoms with Gasteiger partial charge >= 0.3 is 5.69 Å². The summed E-state index contributed by atoms with van der Waals surface area (Å²) in [4.78, 5) is 9.67. The Morgan fingerprint density at radius 1 is 1.50 bits per heavy atom. The minimum Gasteiger partial charge on any atom is -0.493 e. The van der Waals surface area contributed by atoms with Crippen LogP contribution < -0.4 is 10.1 Å². The number of hydrogen-bond donors (Lipinski definition) is 1. The molecule has 1 aliphatic carbocycles. The summed E-state index contributed by atoms with van der Waals surface area (Å²) < 4.78 is 18.6. The third kappa shape index (κ3) is 3.66. The molecule has 98 valence electrons. The standard InChI is InChI=1S/C12H15FN2O3/c13-11-8-10(4-5-12(11)15(16)17)18-7-1-6-14-9-2-3-9/h4-5,8-9,14H,1-3,6-7H2. The highest BCUT2D eigenvalue weighted by Gasteiger charge is 2.19. The van der Waals surface area contributed by atoms with Gasteiger partial charge in [-0.05, 0) is 31.9 Å². The number of benzene rings is 1. The van der Waals surface area contributed by atoms with Crippen LogP contribution in [-0.4, -0.2) is 24.1 Å². The Labute approximate surface area is 104 Å². The monoisotopic (exact) mass is 254 g/mol. The molecule has 0 heterocycles. The summed E-state index contributed by atoms with van der Waals surface area (Å²) in [6.45, 7) is 1.34. The molecule has 0 unspecified atom stereocenters. The molecule has 1 aliphatic rings. The summed E-state index contributed by atoms with van der Waals surface area (Å²) >= 11 is 0. The topological polar surface area (TPSA) is 64.4 Å². The first-order valence-electron chi connectivity index (χ1n) is 5.97. The molecule has 1 aromatic carbocycles. The van der Waals surface area contributed by atoms with Gasteiger partial charge in [-0.25, -0.2) is 0 Å². The van der Waals surface area contributed by atoms with Gasteiger partial charge in [0.1, 0.15) is 5.75 Å². The Kier molecular flexibility index (Phi) is 4.09. The molecule has 0 amide bonds. The van der Waals surface area contributed by atoms with Gasteiger partial charge in [0.15, 0.2) is 0 Å². The molecule has 0 saturated heterocycles. The van der Waals surface area contributed by atoms with Crippen LogP contribution in [0.4, 0.5) is 10.1 Å². The van der Waals surface area contributed by atoms with Crippen LogP contribution in [0.2, 0.25) is 0 Å². The SMILES string of the molecule is O=[N+]([O-])c1ccc(OCCCNC2CC2)cc1F. The number of halogens is 1. The number of nitrogens with zero attached hydrogens (tertiary/aromatic N) is 1. The predicted octanol–water partition coefficient (Wildman–Crippen LogP) is 2.25. The van der Waals surface area contributed by atoms with Crippen molar-refractivity contribution >= 4 is 5.69 Å². The van der Waals surface area contributed by atoms with E-state index in [-0.39, 0.29) is 0 Å². The lowest BCUT2D eigenvalue weighted by Crippen LogP contribution is -2.19. The third-order valence-electron chi connectivity index (χ3n) is 2.72. The lowest BCUT2D eigenvalue weighted by molar-refractivity contribution is -0.387. The molecule has 0 spiro atoms. The van der Waals surface area contributed by atoms with Crippen LogP contribution in [0.5, 0.6) is 5.75 Å². The molecular weight excluding hydrogens is 239 g/mol. The van der Waals surface area contributed by atoms with Gasteiger partial charge in [0.25, 0.3) is 0 Å². The fourth-order valence-corrected chi connectivity index (χ4v) is 1.58. The van der Waals surface area contributed by atoms with Crippen LogP contribution in [0.3, 0.4) is 0 Å². The van der Waals surface area contributed by atoms with Crippen molar-refractivity contribution in [3.8, 4) is 5.75 Å². The van der Waals surface area contributed by atoms with Crippen LogP contribution in [0.15, 0.2) is 18.2 Å². The Morgan fingerprint density at radius 3 is 2.89 bits per heavy atom. The summed E-state index contributed by atoms with van der Waals surface area (Å²) in [6.07, 6.45) is 3.32. The van der Waals surface area contributed by atoms with E-state index in [4.69, 9.17) is 4.74 Å². The largest absolute Gasteiger partial charge is 0.493 e. The minimum absolute atomic E-state index is 0.324. The molecule has 0 bridgehead atoms. The normalized spacial score (nSPS) is 14.5. The zero-order chi connectivity index (χ0) is 13.0. The zero-order valence-corrected chi connectivity index (χ0v) is 9.89. The van der Waals surface area contributed by atoms with Crippen LogP contribution in [-0.2, 0) is 0 Å². The summed E-state index contributed by atoms with van der Waals surface area (Å²) in [6, 6.07) is 4.25. The van der Waals surface area contributed by atoms with E-state index >= 15 is 0 Å². The van der Waals surface area contributed by atoms with Gasteiger partial charge in [0, 0.05) is 18.2 Å². The van der Waals surface area contributed by atoms with Gasteiger partial charge in [-0.2, -0.15) is 4.39 Å². The van der Waals surface area contributed by atoms with Crippen LogP contribution in [0.25, 0.3) is 0 Å². The van der Waals surface area contributed by atoms with E-state index in [1.54, 1.807) is 0 Å². The number of ether oxygens (including phenoxy) is 1. The van der Waals surface area contributed by atoms with Gasteiger partial charge in [-0.3, -0.25) is 10.1 Å². The fraction of sp³-hybridized carbons (Fsp3) is 0.500. The van der Waals surface area contributed by atoms with Crippen LogP contribution in [0, 0.1) is 15.9 Å². The first-order chi connectivity index (χ1) is 8.66. The smallest absolute Gasteiger partial charge is 0.305 e. The molecule has 6 heteroatoms. The number of nitro groups is 1. The quantitative estimate of drug-likeness (QED) is 0.460. The van der Waals surface area contributed by atoms with E-state index in [0.29, 0.717) is 18.4 Å². The maximum atomic E-state index is 13.3. The lowest BCUT2D eigenvalue weighted by atomic mass is 10.3. The highest BCUT2D eigenvalue weighted by molar-refractivity contribution is 5.37. The van der Waals surface area contributed by atoms with Gasteiger partial charge < -0.3 is 10.1 Å². The molecule has 18 heavy (non-hydrogen) atoms.